The number of rotatable bonds is 2. The Morgan fingerprint density at radius 2 is 2.04 bits per heavy atom. The topological polar surface area (TPSA) is 113 Å². The summed E-state index contributed by atoms with van der Waals surface area (Å²) in [5.41, 5.74) is 6.91. The number of fused-ring (bicyclic) bond motifs is 3. The molecule has 134 valence electrons. The average Bonchev–Trinajstić information content (AvgIpc) is 3.07. The molecule has 3 aliphatic rings. The van der Waals surface area contributed by atoms with Gasteiger partial charge in [-0.15, -0.1) is 0 Å². The zero-order valence-electron chi connectivity index (χ0n) is 13.4. The number of amides is 2. The van der Waals surface area contributed by atoms with Crippen LogP contribution in [-0.2, 0) is 16.0 Å². The van der Waals surface area contributed by atoms with Gasteiger partial charge in [0.1, 0.15) is 5.82 Å². The summed E-state index contributed by atoms with van der Waals surface area (Å²) in [7, 11) is 0. The second kappa shape index (κ2) is 5.67. The monoisotopic (exact) mass is 350 g/mol. The Labute approximate surface area is 143 Å². The Bertz CT molecular complexity index is 755. The first-order valence-corrected chi connectivity index (χ1v) is 8.34. The van der Waals surface area contributed by atoms with Crippen molar-refractivity contribution in [2.24, 2.45) is 5.73 Å². The van der Waals surface area contributed by atoms with Gasteiger partial charge >= 0.3 is 6.09 Å². The van der Waals surface area contributed by atoms with Crippen LogP contribution in [0.1, 0.15) is 36.3 Å². The van der Waals surface area contributed by atoms with E-state index in [1.807, 2.05) is 0 Å². The van der Waals surface area contributed by atoms with Crippen molar-refractivity contribution in [3.05, 3.63) is 29.1 Å². The zero-order chi connectivity index (χ0) is 17.9. The lowest BCUT2D eigenvalue weighted by Crippen LogP contribution is -2.41. The van der Waals surface area contributed by atoms with E-state index in [1.54, 1.807) is 6.07 Å². The molecule has 2 unspecified atom stereocenters. The van der Waals surface area contributed by atoms with Crippen molar-refractivity contribution in [2.45, 2.75) is 56.0 Å². The summed E-state index contributed by atoms with van der Waals surface area (Å²) in [6.45, 7) is 0. The number of hydrogen-bond donors (Lipinski definition) is 3. The maximum atomic E-state index is 14.7. The number of ether oxygens (including phenoxy) is 1. The minimum absolute atomic E-state index is 0.196. The summed E-state index contributed by atoms with van der Waals surface area (Å²) in [5, 5.41) is 19.5. The van der Waals surface area contributed by atoms with Crippen molar-refractivity contribution >= 4 is 17.7 Å². The highest BCUT2D eigenvalue weighted by molar-refractivity contribution is 5.98. The Balaban J connectivity index is 1.66. The van der Waals surface area contributed by atoms with Crippen molar-refractivity contribution in [3.63, 3.8) is 0 Å². The number of anilines is 1. The molecule has 5 atom stereocenters. The van der Waals surface area contributed by atoms with E-state index in [0.717, 1.165) is 5.56 Å². The van der Waals surface area contributed by atoms with Crippen LogP contribution in [0.4, 0.5) is 14.9 Å². The first-order valence-electron chi connectivity index (χ1n) is 8.34. The number of hydrogen-bond acceptors (Lipinski definition) is 5. The minimum Gasteiger partial charge on any atom is -0.433 e. The molecule has 1 aliphatic carbocycles. The van der Waals surface area contributed by atoms with Gasteiger partial charge in [-0.25, -0.2) is 9.18 Å². The summed E-state index contributed by atoms with van der Waals surface area (Å²) < 4.78 is 19.7. The van der Waals surface area contributed by atoms with Crippen molar-refractivity contribution in [3.8, 4) is 0 Å². The van der Waals surface area contributed by atoms with Crippen LogP contribution in [0, 0.1) is 5.82 Å². The lowest BCUT2D eigenvalue weighted by atomic mass is 9.80. The van der Waals surface area contributed by atoms with Crippen LogP contribution in [0.5, 0.6) is 0 Å². The number of primary amides is 1. The first kappa shape index (κ1) is 16.3. The van der Waals surface area contributed by atoms with Gasteiger partial charge in [-0.2, -0.15) is 0 Å². The summed E-state index contributed by atoms with van der Waals surface area (Å²) in [6.07, 6.45) is -1.75. The van der Waals surface area contributed by atoms with Crippen LogP contribution >= 0.6 is 0 Å². The van der Waals surface area contributed by atoms with Gasteiger partial charge in [0.25, 0.3) is 5.91 Å². The fourth-order valence-electron chi connectivity index (χ4n) is 4.20. The van der Waals surface area contributed by atoms with Gasteiger partial charge in [-0.1, -0.05) is 6.07 Å². The van der Waals surface area contributed by atoms with Gasteiger partial charge in [0, 0.05) is 0 Å². The molecule has 8 heteroatoms. The SMILES string of the molecule is NC(=O)[C@@H]1OC(=O)N2c3cc(F)c(C4CCC(O)[C@@H](O)C4)cc3C[C@@H]12. The lowest BCUT2D eigenvalue weighted by Gasteiger charge is -2.30. The molecule has 2 heterocycles. The largest absolute Gasteiger partial charge is 0.433 e. The zero-order valence-corrected chi connectivity index (χ0v) is 13.4. The molecular formula is C17H19FN2O5. The third-order valence-electron chi connectivity index (χ3n) is 5.49. The van der Waals surface area contributed by atoms with Crippen molar-refractivity contribution in [1.82, 2.24) is 0 Å². The van der Waals surface area contributed by atoms with Crippen LogP contribution in [0.15, 0.2) is 12.1 Å². The number of aliphatic hydroxyl groups excluding tert-OH is 2. The summed E-state index contributed by atoms with van der Waals surface area (Å²) in [5.74, 6) is -1.39. The standard InChI is InChI=1S/C17H19FN2O5/c18-10-6-11-8(3-9(10)7-1-2-13(21)14(22)5-7)4-12-15(16(19)23)25-17(24)20(11)12/h3,6-7,12-15,21-22H,1-2,4-5H2,(H2,19,23)/t7?,12-,13?,14-,15+/m0/s1. The number of carbonyl (C=O) groups excluding carboxylic acids is 2. The fraction of sp³-hybridized carbons (Fsp3) is 0.529. The predicted octanol–water partition coefficient (Wildman–Crippen LogP) is 0.550. The number of benzene rings is 1. The second-order valence-electron chi connectivity index (χ2n) is 7.00. The molecule has 1 saturated heterocycles. The van der Waals surface area contributed by atoms with Crippen LogP contribution in [0.2, 0.25) is 0 Å². The van der Waals surface area contributed by atoms with Crippen molar-refractivity contribution in [2.75, 3.05) is 4.90 Å². The highest BCUT2D eigenvalue weighted by atomic mass is 19.1. The molecule has 2 aliphatic heterocycles. The quantitative estimate of drug-likeness (QED) is 0.721. The lowest BCUT2D eigenvalue weighted by molar-refractivity contribution is -0.125. The van der Waals surface area contributed by atoms with E-state index in [-0.39, 0.29) is 12.3 Å². The van der Waals surface area contributed by atoms with Crippen LogP contribution in [0.25, 0.3) is 0 Å². The van der Waals surface area contributed by atoms with Crippen molar-refractivity contribution in [1.29, 1.82) is 0 Å². The maximum Gasteiger partial charge on any atom is 0.415 e. The van der Waals surface area contributed by atoms with Gasteiger partial charge in [0.05, 0.1) is 23.9 Å². The number of carbonyl (C=O) groups is 2. The molecule has 0 bridgehead atoms. The third-order valence-corrected chi connectivity index (χ3v) is 5.49. The molecule has 0 spiro atoms. The average molecular weight is 350 g/mol. The van der Waals surface area contributed by atoms with Gasteiger partial charge in [0.2, 0.25) is 6.10 Å². The Kier molecular flexibility index (Phi) is 3.69. The number of nitrogens with two attached hydrogens (primary N) is 1. The Morgan fingerprint density at radius 1 is 1.28 bits per heavy atom. The smallest absolute Gasteiger partial charge is 0.415 e. The molecule has 25 heavy (non-hydrogen) atoms. The number of nitrogens with zero attached hydrogens (tertiary/aromatic N) is 1. The fourth-order valence-corrected chi connectivity index (χ4v) is 4.20. The van der Waals surface area contributed by atoms with E-state index >= 15 is 0 Å². The van der Waals surface area contributed by atoms with Gasteiger partial charge < -0.3 is 20.7 Å². The molecule has 1 aromatic rings. The van der Waals surface area contributed by atoms with Crippen molar-refractivity contribution < 1.29 is 28.9 Å². The first-order chi connectivity index (χ1) is 11.9. The minimum atomic E-state index is -1.04. The molecule has 0 aromatic heterocycles. The number of aliphatic hydroxyl groups is 2. The van der Waals surface area contributed by atoms with E-state index in [9.17, 15) is 24.2 Å². The van der Waals surface area contributed by atoms with Gasteiger partial charge in [0.15, 0.2) is 0 Å². The summed E-state index contributed by atoms with van der Waals surface area (Å²) in [6, 6.07) is 2.43. The highest BCUT2D eigenvalue weighted by Crippen LogP contribution is 2.43. The molecule has 1 saturated carbocycles. The van der Waals surface area contributed by atoms with Gasteiger partial charge in [-0.05, 0) is 48.8 Å². The van der Waals surface area contributed by atoms with E-state index < -0.39 is 42.2 Å². The maximum absolute atomic E-state index is 14.7. The number of halogens is 1. The Morgan fingerprint density at radius 3 is 2.72 bits per heavy atom. The van der Waals surface area contributed by atoms with E-state index in [0.29, 0.717) is 30.5 Å². The summed E-state index contributed by atoms with van der Waals surface area (Å²) in [4.78, 5) is 24.8. The van der Waals surface area contributed by atoms with E-state index in [1.165, 1.54) is 11.0 Å². The molecule has 7 nitrogen and oxygen atoms in total. The van der Waals surface area contributed by atoms with Crippen LogP contribution in [-0.4, -0.2) is 46.6 Å². The highest BCUT2D eigenvalue weighted by Gasteiger charge is 2.50. The molecular weight excluding hydrogens is 331 g/mol. The molecule has 2 amide bonds. The van der Waals surface area contributed by atoms with Crippen LogP contribution < -0.4 is 10.6 Å². The molecule has 1 aromatic carbocycles. The normalized spacial score (nSPS) is 33.8. The Hall–Kier alpha value is -2.19. The molecule has 0 radical (unpaired) electrons. The third kappa shape index (κ3) is 2.47. The van der Waals surface area contributed by atoms with E-state index in [2.05, 4.69) is 0 Å². The second-order valence-corrected chi connectivity index (χ2v) is 7.00. The van der Waals surface area contributed by atoms with E-state index in [4.69, 9.17) is 10.5 Å². The number of cyclic esters (lactones) is 1. The molecule has 4 rings (SSSR count). The molecule has 4 N–H and O–H groups in total. The van der Waals surface area contributed by atoms with Crippen LogP contribution in [0.3, 0.4) is 0 Å². The van der Waals surface area contributed by atoms with Gasteiger partial charge in [-0.3, -0.25) is 9.69 Å². The molecule has 2 fully saturated rings. The predicted molar refractivity (Wildman–Crippen MR) is 84.4 cm³/mol. The summed E-state index contributed by atoms with van der Waals surface area (Å²) >= 11 is 0.